The highest BCUT2D eigenvalue weighted by atomic mass is 32.1. The van der Waals surface area contributed by atoms with Crippen molar-refractivity contribution in [3.05, 3.63) is 72.3 Å². The molecule has 0 spiro atoms. The van der Waals surface area contributed by atoms with Crippen LogP contribution in [0.3, 0.4) is 0 Å². The predicted octanol–water partition coefficient (Wildman–Crippen LogP) is 4.10. The van der Waals surface area contributed by atoms with Crippen molar-refractivity contribution in [2.75, 3.05) is 19.1 Å². The Hall–Kier alpha value is -3.06. The zero-order valence-corrected chi connectivity index (χ0v) is 17.5. The van der Waals surface area contributed by atoms with Crippen LogP contribution in [0.25, 0.3) is 0 Å². The molecule has 1 saturated heterocycles. The number of thiocarbonyl (C=S) groups is 1. The summed E-state index contributed by atoms with van der Waals surface area (Å²) in [4.78, 5) is 6.71. The minimum atomic E-state index is -0.0974. The van der Waals surface area contributed by atoms with Gasteiger partial charge in [-0.25, -0.2) is 0 Å². The van der Waals surface area contributed by atoms with Gasteiger partial charge in [0.15, 0.2) is 5.11 Å². The zero-order chi connectivity index (χ0) is 20.4. The predicted molar refractivity (Wildman–Crippen MR) is 118 cm³/mol. The number of hydrogen-bond donors (Lipinski definition) is 1. The number of methoxy groups -OCH3 is 2. The van der Waals surface area contributed by atoms with Crippen molar-refractivity contribution < 1.29 is 9.47 Å². The number of rotatable bonds is 6. The summed E-state index contributed by atoms with van der Waals surface area (Å²) in [5, 5.41) is 4.11. The molecule has 150 valence electrons. The Bertz CT molecular complexity index is 1010. The molecule has 0 unspecified atom stereocenters. The van der Waals surface area contributed by atoms with Gasteiger partial charge in [0.25, 0.3) is 0 Å². The van der Waals surface area contributed by atoms with Gasteiger partial charge in [0.05, 0.1) is 31.6 Å². The van der Waals surface area contributed by atoms with Gasteiger partial charge in [0.2, 0.25) is 0 Å². The Balaban J connectivity index is 1.89. The summed E-state index contributed by atoms with van der Waals surface area (Å²) in [6.07, 6.45) is 3.90. The molecule has 6 nitrogen and oxygen atoms in total. The van der Waals surface area contributed by atoms with Crippen LogP contribution < -0.4 is 19.7 Å². The van der Waals surface area contributed by atoms with Gasteiger partial charge in [-0.15, -0.1) is 0 Å². The molecule has 1 aliphatic rings. The van der Waals surface area contributed by atoms with Crippen molar-refractivity contribution in [1.82, 2.24) is 14.9 Å². The van der Waals surface area contributed by atoms with Crippen LogP contribution in [0.4, 0.5) is 5.69 Å². The smallest absolute Gasteiger partial charge is 0.174 e. The van der Waals surface area contributed by atoms with Crippen LogP contribution in [0.15, 0.2) is 60.9 Å². The topological polar surface area (TPSA) is 51.6 Å². The molecule has 1 N–H and O–H groups in total. The Labute approximate surface area is 176 Å². The highest BCUT2D eigenvalue weighted by Gasteiger charge is 2.43. The minimum absolute atomic E-state index is 0.0895. The third kappa shape index (κ3) is 3.42. The van der Waals surface area contributed by atoms with Crippen LogP contribution in [0, 0.1) is 0 Å². The van der Waals surface area contributed by atoms with E-state index in [0.29, 0.717) is 5.11 Å². The van der Waals surface area contributed by atoms with Crippen LogP contribution in [0.5, 0.6) is 11.5 Å². The largest absolute Gasteiger partial charge is 0.497 e. The Morgan fingerprint density at radius 2 is 1.97 bits per heavy atom. The second-order valence-corrected chi connectivity index (χ2v) is 7.14. The SMILES string of the molecule is CCn1cccc1[C@H]1[C@@H](c2ccccn2)NC(=S)N1c1cc(OC)ccc1OC. The molecule has 0 aliphatic carbocycles. The molecule has 3 heterocycles. The van der Waals surface area contributed by atoms with Gasteiger partial charge in [-0.05, 0) is 55.5 Å². The van der Waals surface area contributed by atoms with Gasteiger partial charge in [-0.1, -0.05) is 6.07 Å². The second-order valence-electron chi connectivity index (χ2n) is 6.75. The lowest BCUT2D eigenvalue weighted by atomic mass is 10.0. The van der Waals surface area contributed by atoms with E-state index in [-0.39, 0.29) is 12.1 Å². The fourth-order valence-corrected chi connectivity index (χ4v) is 4.22. The molecule has 7 heteroatoms. The molecular formula is C22H24N4O2S. The zero-order valence-electron chi connectivity index (χ0n) is 16.7. The molecule has 4 rings (SSSR count). The molecule has 2 aromatic heterocycles. The first-order valence-corrected chi connectivity index (χ1v) is 9.96. The van der Waals surface area contributed by atoms with E-state index in [1.165, 1.54) is 0 Å². The number of nitrogens with zero attached hydrogens (tertiary/aromatic N) is 3. The first-order chi connectivity index (χ1) is 14.2. The third-order valence-corrected chi connectivity index (χ3v) is 5.57. The molecule has 1 aromatic carbocycles. The van der Waals surface area contributed by atoms with E-state index in [9.17, 15) is 0 Å². The Kier molecular flexibility index (Phi) is 5.40. The van der Waals surface area contributed by atoms with E-state index in [4.69, 9.17) is 21.7 Å². The number of aryl methyl sites for hydroxylation is 1. The molecule has 0 bridgehead atoms. The van der Waals surface area contributed by atoms with Crippen LogP contribution in [0.2, 0.25) is 0 Å². The highest BCUT2D eigenvalue weighted by molar-refractivity contribution is 7.80. The monoisotopic (exact) mass is 408 g/mol. The van der Waals surface area contributed by atoms with E-state index in [1.807, 2.05) is 42.6 Å². The van der Waals surface area contributed by atoms with E-state index < -0.39 is 0 Å². The van der Waals surface area contributed by atoms with Crippen molar-refractivity contribution in [2.24, 2.45) is 0 Å². The fourth-order valence-electron chi connectivity index (χ4n) is 3.88. The maximum atomic E-state index is 5.80. The van der Waals surface area contributed by atoms with Gasteiger partial charge in [-0.3, -0.25) is 4.98 Å². The maximum Gasteiger partial charge on any atom is 0.174 e. The minimum Gasteiger partial charge on any atom is -0.497 e. The molecule has 0 radical (unpaired) electrons. The highest BCUT2D eigenvalue weighted by Crippen LogP contribution is 2.45. The van der Waals surface area contributed by atoms with E-state index >= 15 is 0 Å². The Morgan fingerprint density at radius 3 is 2.66 bits per heavy atom. The number of benzene rings is 1. The summed E-state index contributed by atoms with van der Waals surface area (Å²) in [6, 6.07) is 15.7. The molecule has 2 atom stereocenters. The normalized spacial score (nSPS) is 18.6. The molecule has 29 heavy (non-hydrogen) atoms. The number of hydrogen-bond acceptors (Lipinski definition) is 4. The molecule has 1 fully saturated rings. The van der Waals surface area contributed by atoms with Gasteiger partial charge >= 0.3 is 0 Å². The van der Waals surface area contributed by atoms with E-state index in [0.717, 1.165) is 35.1 Å². The Morgan fingerprint density at radius 1 is 1.10 bits per heavy atom. The molecule has 3 aromatic rings. The maximum absolute atomic E-state index is 5.80. The summed E-state index contributed by atoms with van der Waals surface area (Å²) in [5.41, 5.74) is 2.95. The number of anilines is 1. The summed E-state index contributed by atoms with van der Waals surface area (Å²) >= 11 is 5.80. The van der Waals surface area contributed by atoms with E-state index in [2.05, 4.69) is 45.0 Å². The summed E-state index contributed by atoms with van der Waals surface area (Å²) in [5.74, 6) is 1.48. The van der Waals surface area contributed by atoms with Crippen LogP contribution in [0.1, 0.15) is 30.4 Å². The summed E-state index contributed by atoms with van der Waals surface area (Å²) < 4.78 is 13.4. The summed E-state index contributed by atoms with van der Waals surface area (Å²) in [7, 11) is 3.32. The van der Waals surface area contributed by atoms with E-state index in [1.54, 1.807) is 14.2 Å². The first-order valence-electron chi connectivity index (χ1n) is 9.55. The van der Waals surface area contributed by atoms with Crippen LogP contribution >= 0.6 is 12.2 Å². The summed E-state index contributed by atoms with van der Waals surface area (Å²) in [6.45, 7) is 3.00. The van der Waals surface area contributed by atoms with Gasteiger partial charge < -0.3 is 24.3 Å². The van der Waals surface area contributed by atoms with Crippen molar-refractivity contribution in [3.63, 3.8) is 0 Å². The first kappa shape index (κ1) is 19.3. The van der Waals surface area contributed by atoms with Gasteiger partial charge in [0.1, 0.15) is 17.5 Å². The lowest BCUT2D eigenvalue weighted by Gasteiger charge is -2.30. The van der Waals surface area contributed by atoms with Crippen LogP contribution in [-0.4, -0.2) is 28.9 Å². The second kappa shape index (κ2) is 8.13. The lowest BCUT2D eigenvalue weighted by Crippen LogP contribution is -2.30. The van der Waals surface area contributed by atoms with Gasteiger partial charge in [-0.2, -0.15) is 0 Å². The lowest BCUT2D eigenvalue weighted by molar-refractivity contribution is 0.402. The fraction of sp³-hybridized carbons (Fsp3) is 0.273. The van der Waals surface area contributed by atoms with Crippen molar-refractivity contribution in [3.8, 4) is 11.5 Å². The average Bonchev–Trinajstić information content (AvgIpc) is 3.37. The number of pyridine rings is 1. The molecular weight excluding hydrogens is 384 g/mol. The molecule has 0 saturated carbocycles. The van der Waals surface area contributed by atoms with Crippen molar-refractivity contribution in [1.29, 1.82) is 0 Å². The third-order valence-electron chi connectivity index (χ3n) is 5.25. The number of nitrogens with one attached hydrogen (secondary N) is 1. The molecule has 1 aliphatic heterocycles. The standard InChI is InChI=1S/C22H24N4O2S/c1-4-25-13-7-9-17(25)21-20(16-8-5-6-12-23-16)24-22(29)26(21)18-14-15(27-2)10-11-19(18)28-3/h5-14,20-21H,4H2,1-3H3,(H,24,29)/t20-,21+/m1/s1. The number of ether oxygens (including phenoxy) is 2. The van der Waals surface area contributed by atoms with Crippen LogP contribution in [-0.2, 0) is 6.54 Å². The van der Waals surface area contributed by atoms with Gasteiger partial charge in [0, 0.05) is 30.7 Å². The van der Waals surface area contributed by atoms with Crippen molar-refractivity contribution >= 4 is 23.0 Å². The number of aromatic nitrogens is 2. The molecule has 0 amide bonds. The average molecular weight is 409 g/mol. The quantitative estimate of drug-likeness (QED) is 0.620. The van der Waals surface area contributed by atoms with Crippen molar-refractivity contribution in [2.45, 2.75) is 25.6 Å².